The monoisotopic (exact) mass is 624 g/mol. The van der Waals surface area contributed by atoms with Gasteiger partial charge in [-0.15, -0.1) is 0 Å². The molecule has 4 aromatic rings. The Kier molecular flexibility index (Phi) is 9.28. The Labute approximate surface area is 268 Å². The minimum atomic E-state index is -0.390. The van der Waals surface area contributed by atoms with E-state index in [1.807, 2.05) is 80.7 Å². The second kappa shape index (κ2) is 13.7. The second-order valence-electron chi connectivity index (χ2n) is 12.2. The highest BCUT2D eigenvalue weighted by atomic mass is 16.7. The molecule has 10 nitrogen and oxygen atoms in total. The van der Waals surface area contributed by atoms with Crippen LogP contribution in [0.4, 0.5) is 16.2 Å². The largest absolute Gasteiger partial charge is 0.488 e. The van der Waals surface area contributed by atoms with E-state index in [1.54, 1.807) is 17.0 Å². The van der Waals surface area contributed by atoms with Gasteiger partial charge in [0.1, 0.15) is 11.9 Å². The number of likely N-dealkylation sites (N-methyl/N-ethyl adjacent to an activating group) is 1. The molecular formula is C36H40N4O6. The van der Waals surface area contributed by atoms with Gasteiger partial charge in [-0.25, -0.2) is 4.79 Å². The van der Waals surface area contributed by atoms with Crippen molar-refractivity contribution in [3.8, 4) is 17.2 Å². The van der Waals surface area contributed by atoms with Crippen LogP contribution < -0.4 is 24.8 Å². The first-order chi connectivity index (χ1) is 22.3. The molecule has 10 heteroatoms. The molecule has 0 radical (unpaired) electrons. The summed E-state index contributed by atoms with van der Waals surface area (Å²) in [7, 11) is 2.04. The zero-order chi connectivity index (χ0) is 32.2. The average Bonchev–Trinajstić information content (AvgIpc) is 3.53. The average molecular weight is 625 g/mol. The fourth-order valence-electron chi connectivity index (χ4n) is 6.07. The molecule has 2 heterocycles. The molecule has 0 fully saturated rings. The number of nitrogens with one attached hydrogen (secondary N) is 2. The van der Waals surface area contributed by atoms with Crippen LogP contribution in [-0.4, -0.2) is 72.5 Å². The van der Waals surface area contributed by atoms with Gasteiger partial charge in [0.05, 0.1) is 24.8 Å². The van der Waals surface area contributed by atoms with Crippen LogP contribution in [0.15, 0.2) is 78.9 Å². The zero-order valence-electron chi connectivity index (χ0n) is 26.4. The third kappa shape index (κ3) is 7.03. The Balaban J connectivity index is 1.21. The minimum Gasteiger partial charge on any atom is -0.488 e. The van der Waals surface area contributed by atoms with Crippen LogP contribution in [0, 0.1) is 5.92 Å². The lowest BCUT2D eigenvalue weighted by Gasteiger charge is -2.34. The fourth-order valence-corrected chi connectivity index (χ4v) is 6.07. The van der Waals surface area contributed by atoms with E-state index in [2.05, 4.69) is 22.5 Å². The van der Waals surface area contributed by atoms with Gasteiger partial charge in [-0.3, -0.25) is 9.69 Å². The number of aliphatic hydroxyl groups excluding tert-OH is 1. The summed E-state index contributed by atoms with van der Waals surface area (Å²) in [5, 5.41) is 17.8. The Bertz CT molecular complexity index is 1720. The maximum absolute atomic E-state index is 13.6. The molecule has 0 saturated heterocycles. The number of urea groups is 1. The van der Waals surface area contributed by atoms with Crippen LogP contribution in [-0.2, 0) is 17.8 Å². The van der Waals surface area contributed by atoms with Gasteiger partial charge in [0.15, 0.2) is 11.5 Å². The van der Waals surface area contributed by atoms with E-state index in [1.165, 1.54) is 0 Å². The smallest absolute Gasteiger partial charge is 0.323 e. The second-order valence-corrected chi connectivity index (χ2v) is 12.2. The van der Waals surface area contributed by atoms with E-state index in [0.29, 0.717) is 42.3 Å². The SMILES string of the molecule is C[C@@H]1CN([C@H](C)CO)C(=O)Cc2cc(NC(=O)Nc3cccc4ccccc34)ccc2O[C@@H]1CN(C)Cc1ccc2c(c1)OCO2. The van der Waals surface area contributed by atoms with E-state index in [4.69, 9.17) is 14.2 Å². The first kappa shape index (κ1) is 31.2. The topological polar surface area (TPSA) is 113 Å². The summed E-state index contributed by atoms with van der Waals surface area (Å²) in [6.07, 6.45) is -0.183. The number of aliphatic hydroxyl groups is 1. The third-order valence-electron chi connectivity index (χ3n) is 8.59. The molecule has 3 amide bonds. The maximum atomic E-state index is 13.6. The molecule has 0 bridgehead atoms. The van der Waals surface area contributed by atoms with Crippen molar-refractivity contribution >= 4 is 34.1 Å². The van der Waals surface area contributed by atoms with E-state index < -0.39 is 6.03 Å². The maximum Gasteiger partial charge on any atom is 0.323 e. The number of nitrogens with zero attached hydrogens (tertiary/aromatic N) is 2. The van der Waals surface area contributed by atoms with Gasteiger partial charge in [-0.1, -0.05) is 49.4 Å². The van der Waals surface area contributed by atoms with Crippen LogP contribution in [0.5, 0.6) is 17.2 Å². The van der Waals surface area contributed by atoms with Crippen molar-refractivity contribution in [2.75, 3.05) is 44.2 Å². The predicted octanol–water partition coefficient (Wildman–Crippen LogP) is 5.49. The van der Waals surface area contributed by atoms with Gasteiger partial charge in [0.25, 0.3) is 0 Å². The molecule has 3 atom stereocenters. The van der Waals surface area contributed by atoms with Crippen molar-refractivity contribution in [2.45, 2.75) is 39.0 Å². The highest BCUT2D eigenvalue weighted by molar-refractivity contribution is 6.06. The first-order valence-electron chi connectivity index (χ1n) is 15.6. The fraction of sp³-hybridized carbons (Fsp3) is 0.333. The summed E-state index contributed by atoms with van der Waals surface area (Å²) < 4.78 is 17.7. The number of ether oxygens (including phenoxy) is 3. The summed E-state index contributed by atoms with van der Waals surface area (Å²) >= 11 is 0. The first-order valence-corrected chi connectivity index (χ1v) is 15.6. The van der Waals surface area contributed by atoms with E-state index in [0.717, 1.165) is 27.8 Å². The highest BCUT2D eigenvalue weighted by Crippen LogP contribution is 2.33. The van der Waals surface area contributed by atoms with E-state index in [9.17, 15) is 14.7 Å². The number of benzene rings is 4. The molecule has 0 aromatic heterocycles. The molecule has 4 aromatic carbocycles. The lowest BCUT2D eigenvalue weighted by Crippen LogP contribution is -2.47. The van der Waals surface area contributed by atoms with Crippen LogP contribution in [0.3, 0.4) is 0 Å². The van der Waals surface area contributed by atoms with Gasteiger partial charge in [-0.05, 0) is 61.3 Å². The quantitative estimate of drug-likeness (QED) is 0.238. The number of amides is 3. The lowest BCUT2D eigenvalue weighted by atomic mass is 10.0. The van der Waals surface area contributed by atoms with Gasteiger partial charge >= 0.3 is 6.03 Å². The predicted molar refractivity (Wildman–Crippen MR) is 177 cm³/mol. The number of hydrogen-bond donors (Lipinski definition) is 3. The number of rotatable bonds is 8. The van der Waals surface area contributed by atoms with Gasteiger partial charge in [-0.2, -0.15) is 0 Å². The number of carbonyl (C=O) groups is 2. The molecule has 2 aliphatic heterocycles. The summed E-state index contributed by atoms with van der Waals surface area (Å²) in [5.41, 5.74) is 3.00. The van der Waals surface area contributed by atoms with E-state index >= 15 is 0 Å². The molecule has 2 aliphatic rings. The lowest BCUT2D eigenvalue weighted by molar-refractivity contribution is -0.134. The van der Waals surface area contributed by atoms with Crippen LogP contribution in [0.2, 0.25) is 0 Å². The molecule has 6 rings (SSSR count). The number of hydrogen-bond acceptors (Lipinski definition) is 7. The van der Waals surface area contributed by atoms with E-state index in [-0.39, 0.29) is 43.8 Å². The highest BCUT2D eigenvalue weighted by Gasteiger charge is 2.31. The molecule has 0 spiro atoms. The Morgan fingerprint density at radius 2 is 1.78 bits per heavy atom. The van der Waals surface area contributed by atoms with Crippen molar-refractivity contribution in [3.05, 3.63) is 90.0 Å². The molecule has 46 heavy (non-hydrogen) atoms. The summed E-state index contributed by atoms with van der Waals surface area (Å²) in [6.45, 7) is 5.71. The normalized spacial score (nSPS) is 18.3. The third-order valence-corrected chi connectivity index (χ3v) is 8.59. The summed E-state index contributed by atoms with van der Waals surface area (Å²) in [4.78, 5) is 30.6. The summed E-state index contributed by atoms with van der Waals surface area (Å²) in [5.74, 6) is 1.95. The minimum absolute atomic E-state index is 0.0348. The van der Waals surface area contributed by atoms with Crippen LogP contribution in [0.25, 0.3) is 10.8 Å². The Hall–Kier alpha value is -4.80. The molecule has 0 unspecified atom stereocenters. The van der Waals surface area contributed by atoms with Crippen LogP contribution in [0.1, 0.15) is 25.0 Å². The molecule has 240 valence electrons. The van der Waals surface area contributed by atoms with Crippen molar-refractivity contribution in [1.29, 1.82) is 0 Å². The Morgan fingerprint density at radius 3 is 2.63 bits per heavy atom. The van der Waals surface area contributed by atoms with Gasteiger partial charge < -0.3 is 34.9 Å². The molecule has 0 saturated carbocycles. The number of carbonyl (C=O) groups excluding carboxylic acids is 2. The van der Waals surface area contributed by atoms with Gasteiger partial charge in [0, 0.05) is 42.2 Å². The van der Waals surface area contributed by atoms with Crippen molar-refractivity contribution < 1.29 is 28.9 Å². The number of anilines is 2. The molecule has 0 aliphatic carbocycles. The molecular weight excluding hydrogens is 584 g/mol. The summed E-state index contributed by atoms with van der Waals surface area (Å²) in [6, 6.07) is 24.2. The zero-order valence-corrected chi connectivity index (χ0v) is 26.4. The van der Waals surface area contributed by atoms with Crippen molar-refractivity contribution in [2.24, 2.45) is 5.92 Å². The van der Waals surface area contributed by atoms with Gasteiger partial charge in [0.2, 0.25) is 12.7 Å². The standard InChI is InChI=1S/C36H40N4O6/c1-23-18-40(24(2)21-41)35(42)17-27-16-28(37-36(43)38-30-10-6-8-26-7-4-5-9-29(26)30)12-14-31(27)46-34(23)20-39(3)19-25-11-13-32-33(15-25)45-22-44-32/h4-16,23-24,34,41H,17-22H2,1-3H3,(H2,37,38,43)/t23-,24-,34-/m1/s1. The van der Waals surface area contributed by atoms with Crippen molar-refractivity contribution in [3.63, 3.8) is 0 Å². The molecule has 3 N–H and O–H groups in total. The Morgan fingerprint density at radius 1 is 1.00 bits per heavy atom. The number of fused-ring (bicyclic) bond motifs is 3. The van der Waals surface area contributed by atoms with Crippen LogP contribution >= 0.6 is 0 Å². The van der Waals surface area contributed by atoms with Crippen molar-refractivity contribution in [1.82, 2.24) is 9.80 Å².